The molecule has 0 unspecified atom stereocenters. The molecule has 0 spiro atoms. The lowest BCUT2D eigenvalue weighted by atomic mass is 10.3. The number of carbonyl (C=O) groups excluding carboxylic acids is 1. The second kappa shape index (κ2) is 4.70. The molecule has 1 aromatic rings. The third-order valence-electron chi connectivity index (χ3n) is 1.38. The maximum absolute atomic E-state index is 10.9. The van der Waals surface area contributed by atoms with E-state index in [0.717, 1.165) is 6.21 Å². The maximum atomic E-state index is 10.9. The number of nitrogens with zero attached hydrogens (tertiary/aromatic N) is 2. The van der Waals surface area contributed by atoms with Gasteiger partial charge in [-0.05, 0) is 12.1 Å². The van der Waals surface area contributed by atoms with E-state index < -0.39 is 5.91 Å². The van der Waals surface area contributed by atoms with E-state index >= 15 is 0 Å². The summed E-state index contributed by atoms with van der Waals surface area (Å²) in [6.07, 6.45) is 3.71. The summed E-state index contributed by atoms with van der Waals surface area (Å²) >= 11 is 0. The van der Waals surface area contributed by atoms with Gasteiger partial charge >= 0.3 is 0 Å². The van der Waals surface area contributed by atoms with E-state index in [1.807, 2.05) is 0 Å². The Morgan fingerprint density at radius 1 is 1.71 bits per heavy atom. The van der Waals surface area contributed by atoms with Crippen LogP contribution in [0.1, 0.15) is 10.5 Å². The zero-order valence-corrected chi connectivity index (χ0v) is 7.27. The molecule has 0 saturated heterocycles. The summed E-state index contributed by atoms with van der Waals surface area (Å²) in [5.74, 6) is -0.627. The lowest BCUT2D eigenvalue weighted by Gasteiger charge is -2.02. The fraction of sp³-hybridized carbons (Fsp3) is 0. The Morgan fingerprint density at radius 2 is 2.50 bits per heavy atom. The smallest absolute Gasteiger partial charge is 0.269 e. The van der Waals surface area contributed by atoms with E-state index in [0.29, 0.717) is 5.69 Å². The first kappa shape index (κ1) is 9.85. The normalized spacial score (nSPS) is 10.0. The van der Waals surface area contributed by atoms with Crippen LogP contribution >= 0.6 is 0 Å². The molecular formula is C8H9N5O. The number of hydrazone groups is 1. The molecule has 0 atom stereocenters. The number of primary amides is 1. The fourth-order valence-electron chi connectivity index (χ4n) is 0.836. The van der Waals surface area contributed by atoms with Crippen LogP contribution in [-0.4, -0.2) is 23.3 Å². The highest BCUT2D eigenvalue weighted by atomic mass is 16.1. The highest BCUT2D eigenvalue weighted by Crippen LogP contribution is 2.10. The van der Waals surface area contributed by atoms with E-state index in [2.05, 4.69) is 15.5 Å². The summed E-state index contributed by atoms with van der Waals surface area (Å²) in [6, 6.07) is 3.27. The molecule has 0 aliphatic carbocycles. The number of amides is 1. The monoisotopic (exact) mass is 191 g/mol. The van der Waals surface area contributed by atoms with Crippen LogP contribution in [0.5, 0.6) is 0 Å². The van der Waals surface area contributed by atoms with Gasteiger partial charge in [0.15, 0.2) is 5.69 Å². The van der Waals surface area contributed by atoms with Gasteiger partial charge in [0, 0.05) is 12.4 Å². The minimum absolute atomic E-state index is 0.120. The highest BCUT2D eigenvalue weighted by molar-refractivity contribution is 6.14. The SMILES string of the molecule is N=C/C=N\Nc1cccnc1C(N)=O. The van der Waals surface area contributed by atoms with Gasteiger partial charge in [-0.2, -0.15) is 5.10 Å². The highest BCUT2D eigenvalue weighted by Gasteiger charge is 2.07. The molecule has 14 heavy (non-hydrogen) atoms. The lowest BCUT2D eigenvalue weighted by Crippen LogP contribution is -2.15. The molecule has 0 saturated carbocycles. The Balaban J connectivity index is 2.89. The first-order valence-electron chi connectivity index (χ1n) is 3.78. The molecule has 0 aliphatic rings. The molecule has 1 amide bonds. The zero-order chi connectivity index (χ0) is 10.4. The van der Waals surface area contributed by atoms with Gasteiger partial charge in [0.2, 0.25) is 0 Å². The van der Waals surface area contributed by atoms with Crippen LogP contribution < -0.4 is 11.2 Å². The van der Waals surface area contributed by atoms with Crippen molar-refractivity contribution in [2.75, 3.05) is 5.43 Å². The van der Waals surface area contributed by atoms with Gasteiger partial charge in [-0.3, -0.25) is 10.2 Å². The Kier molecular flexibility index (Phi) is 3.31. The van der Waals surface area contributed by atoms with Crippen LogP contribution in [0, 0.1) is 5.41 Å². The van der Waals surface area contributed by atoms with Gasteiger partial charge in [0.05, 0.1) is 11.9 Å². The van der Waals surface area contributed by atoms with Crippen LogP contribution in [0.4, 0.5) is 5.69 Å². The number of pyridine rings is 1. The average Bonchev–Trinajstić information content (AvgIpc) is 2.19. The Hall–Kier alpha value is -2.24. The minimum atomic E-state index is -0.627. The summed E-state index contributed by atoms with van der Waals surface area (Å²) in [4.78, 5) is 14.7. The van der Waals surface area contributed by atoms with Gasteiger partial charge < -0.3 is 11.1 Å². The van der Waals surface area contributed by atoms with Gasteiger partial charge in [0.25, 0.3) is 5.91 Å². The number of nitrogens with one attached hydrogen (secondary N) is 2. The zero-order valence-electron chi connectivity index (χ0n) is 7.27. The summed E-state index contributed by atoms with van der Waals surface area (Å²) in [5, 5.41) is 10.3. The molecular weight excluding hydrogens is 182 g/mol. The fourth-order valence-corrected chi connectivity index (χ4v) is 0.836. The van der Waals surface area contributed by atoms with Crippen LogP contribution in [0.15, 0.2) is 23.4 Å². The molecule has 6 heteroatoms. The summed E-state index contributed by atoms with van der Waals surface area (Å²) in [6.45, 7) is 0. The number of hydrogen-bond acceptors (Lipinski definition) is 5. The summed E-state index contributed by atoms with van der Waals surface area (Å²) < 4.78 is 0. The first-order valence-corrected chi connectivity index (χ1v) is 3.78. The number of aromatic nitrogens is 1. The van der Waals surface area contributed by atoms with Crippen LogP contribution in [0.3, 0.4) is 0 Å². The number of carbonyl (C=O) groups is 1. The Morgan fingerprint density at radius 3 is 3.14 bits per heavy atom. The number of hydrogen-bond donors (Lipinski definition) is 3. The van der Waals surface area contributed by atoms with E-state index in [9.17, 15) is 4.79 Å². The van der Waals surface area contributed by atoms with Crippen molar-refractivity contribution in [3.63, 3.8) is 0 Å². The second-order valence-corrected chi connectivity index (χ2v) is 2.32. The second-order valence-electron chi connectivity index (χ2n) is 2.32. The van der Waals surface area contributed by atoms with Crippen LogP contribution in [-0.2, 0) is 0 Å². The van der Waals surface area contributed by atoms with Gasteiger partial charge in [-0.1, -0.05) is 0 Å². The summed E-state index contributed by atoms with van der Waals surface area (Å²) in [5.41, 5.74) is 8.17. The molecule has 0 aromatic carbocycles. The standard InChI is InChI=1S/C8H9N5O/c9-3-5-12-13-6-2-1-4-11-7(6)8(10)14/h1-5,9,13H,(H2,10,14)/b9-3?,12-5-. The molecule has 0 fully saturated rings. The number of rotatable bonds is 4. The third-order valence-corrected chi connectivity index (χ3v) is 1.38. The van der Waals surface area contributed by atoms with Gasteiger partial charge in [0.1, 0.15) is 0 Å². The minimum Gasteiger partial charge on any atom is -0.364 e. The predicted molar refractivity (Wildman–Crippen MR) is 53.7 cm³/mol. The van der Waals surface area contributed by atoms with Crippen LogP contribution in [0.25, 0.3) is 0 Å². The van der Waals surface area contributed by atoms with E-state index in [1.165, 1.54) is 12.4 Å². The Bertz CT molecular complexity index is 374. The van der Waals surface area contributed by atoms with Crippen molar-refractivity contribution in [3.05, 3.63) is 24.0 Å². The van der Waals surface area contributed by atoms with Crippen molar-refractivity contribution >= 4 is 24.0 Å². The Labute approximate surface area is 80.3 Å². The number of anilines is 1. The van der Waals surface area contributed by atoms with Crippen molar-refractivity contribution in [2.24, 2.45) is 10.8 Å². The van der Waals surface area contributed by atoms with Crippen LogP contribution in [0.2, 0.25) is 0 Å². The molecule has 1 heterocycles. The molecule has 72 valence electrons. The molecule has 1 rings (SSSR count). The largest absolute Gasteiger partial charge is 0.364 e. The molecule has 0 radical (unpaired) electrons. The van der Waals surface area contributed by atoms with Gasteiger partial charge in [-0.15, -0.1) is 0 Å². The average molecular weight is 191 g/mol. The first-order chi connectivity index (χ1) is 6.75. The molecule has 1 aromatic heterocycles. The van der Waals surface area contributed by atoms with Crippen molar-refractivity contribution in [3.8, 4) is 0 Å². The molecule has 6 nitrogen and oxygen atoms in total. The third kappa shape index (κ3) is 2.37. The van der Waals surface area contributed by atoms with E-state index in [-0.39, 0.29) is 5.69 Å². The molecule has 0 aliphatic heterocycles. The summed E-state index contributed by atoms with van der Waals surface area (Å²) in [7, 11) is 0. The topological polar surface area (TPSA) is 104 Å². The lowest BCUT2D eigenvalue weighted by molar-refractivity contribution is 0.0996. The van der Waals surface area contributed by atoms with E-state index in [1.54, 1.807) is 12.1 Å². The maximum Gasteiger partial charge on any atom is 0.269 e. The molecule has 4 N–H and O–H groups in total. The van der Waals surface area contributed by atoms with Gasteiger partial charge in [-0.25, -0.2) is 4.98 Å². The van der Waals surface area contributed by atoms with E-state index in [4.69, 9.17) is 11.1 Å². The predicted octanol–water partition coefficient (Wildman–Crippen LogP) is 0.228. The number of nitrogens with two attached hydrogens (primary N) is 1. The molecule has 0 bridgehead atoms. The quantitative estimate of drug-likeness (QED) is 0.468. The van der Waals surface area contributed by atoms with Crippen molar-refractivity contribution in [2.45, 2.75) is 0 Å². The van der Waals surface area contributed by atoms with Crippen molar-refractivity contribution < 1.29 is 4.79 Å². The van der Waals surface area contributed by atoms with Crippen molar-refractivity contribution in [1.29, 1.82) is 5.41 Å². The van der Waals surface area contributed by atoms with Crippen molar-refractivity contribution in [1.82, 2.24) is 4.98 Å².